The summed E-state index contributed by atoms with van der Waals surface area (Å²) in [6.07, 6.45) is 2.70. The lowest BCUT2D eigenvalue weighted by Gasteiger charge is -2.02. The smallest absolute Gasteiger partial charge is 0.337 e. The number of methoxy groups -OCH3 is 1. The summed E-state index contributed by atoms with van der Waals surface area (Å²) in [6.45, 7) is 0. The normalized spacial score (nSPS) is 12.2. The Morgan fingerprint density at radius 3 is 1.96 bits per heavy atom. The maximum atomic E-state index is 11.3. The van der Waals surface area contributed by atoms with Crippen molar-refractivity contribution >= 4 is 5.97 Å². The van der Waals surface area contributed by atoms with Crippen LogP contribution in [-0.2, 0) is 4.74 Å². The average molecular weight is 316 g/mol. The Labute approximate surface area is 141 Å². The molecule has 0 radical (unpaired) electrons. The van der Waals surface area contributed by atoms with E-state index in [0.717, 1.165) is 29.7 Å². The molecule has 0 unspecified atom stereocenters. The van der Waals surface area contributed by atoms with Gasteiger partial charge in [0.1, 0.15) is 5.75 Å². The van der Waals surface area contributed by atoms with Crippen molar-refractivity contribution in [3.8, 4) is 29.4 Å². The second-order valence-corrected chi connectivity index (χ2v) is 5.41. The molecule has 0 atom stereocenters. The Balaban J connectivity index is 1.60. The summed E-state index contributed by atoms with van der Waals surface area (Å²) in [6, 6.07) is 14.6. The molecule has 1 aliphatic rings. The molecule has 0 saturated heterocycles. The van der Waals surface area contributed by atoms with E-state index in [-0.39, 0.29) is 5.97 Å². The first-order valence-electron chi connectivity index (χ1n) is 7.72. The number of hydrogen-bond acceptors (Lipinski definition) is 3. The van der Waals surface area contributed by atoms with Gasteiger partial charge in [-0.05, 0) is 73.2 Å². The largest absolute Gasteiger partial charge is 0.490 e. The highest BCUT2D eigenvalue weighted by molar-refractivity contribution is 5.89. The lowest BCUT2D eigenvalue weighted by Crippen LogP contribution is -2.00. The molecule has 0 amide bonds. The minimum absolute atomic E-state index is 0.358. The van der Waals surface area contributed by atoms with Crippen molar-refractivity contribution in [1.82, 2.24) is 0 Å². The predicted octanol–water partition coefficient (Wildman–Crippen LogP) is 3.42. The third kappa shape index (κ3) is 4.41. The van der Waals surface area contributed by atoms with Gasteiger partial charge in [-0.25, -0.2) is 4.79 Å². The molecule has 118 valence electrons. The quantitative estimate of drug-likeness (QED) is 0.643. The van der Waals surface area contributed by atoms with E-state index in [1.807, 2.05) is 24.3 Å². The molecule has 3 heteroatoms. The summed E-state index contributed by atoms with van der Waals surface area (Å²) in [4.78, 5) is 11.3. The summed E-state index contributed by atoms with van der Waals surface area (Å²) in [5.41, 5.74) is 2.20. The molecule has 24 heavy (non-hydrogen) atoms. The van der Waals surface area contributed by atoms with E-state index >= 15 is 0 Å². The van der Waals surface area contributed by atoms with Crippen LogP contribution in [0, 0.1) is 23.7 Å². The van der Waals surface area contributed by atoms with Crippen LogP contribution in [0.4, 0.5) is 0 Å². The summed E-state index contributed by atoms with van der Waals surface area (Å²) < 4.78 is 10.3. The highest BCUT2D eigenvalue weighted by Gasteiger charge is 2.23. The van der Waals surface area contributed by atoms with E-state index in [1.165, 1.54) is 7.11 Å². The average Bonchev–Trinajstić information content (AvgIpc) is 3.44. The molecular weight excluding hydrogens is 300 g/mol. The Morgan fingerprint density at radius 2 is 1.46 bits per heavy atom. The predicted molar refractivity (Wildman–Crippen MR) is 91.6 cm³/mol. The maximum Gasteiger partial charge on any atom is 0.337 e. The van der Waals surface area contributed by atoms with Crippen LogP contribution >= 0.6 is 0 Å². The molecule has 0 spiro atoms. The molecule has 0 aliphatic heterocycles. The Morgan fingerprint density at radius 1 is 0.917 bits per heavy atom. The first-order valence-corrected chi connectivity index (χ1v) is 7.72. The third-order valence-electron chi connectivity index (χ3n) is 3.46. The van der Waals surface area contributed by atoms with Crippen LogP contribution in [0.15, 0.2) is 48.5 Å². The highest BCUT2D eigenvalue weighted by atomic mass is 16.5. The van der Waals surface area contributed by atoms with Crippen molar-refractivity contribution in [1.29, 1.82) is 0 Å². The Bertz CT molecular complexity index is 836. The molecule has 1 saturated carbocycles. The van der Waals surface area contributed by atoms with E-state index in [4.69, 9.17) is 4.74 Å². The van der Waals surface area contributed by atoms with Crippen LogP contribution in [-0.4, -0.2) is 19.2 Å². The van der Waals surface area contributed by atoms with Crippen molar-refractivity contribution in [2.75, 3.05) is 7.11 Å². The number of esters is 1. The number of benzene rings is 2. The van der Waals surface area contributed by atoms with Crippen LogP contribution in [0.3, 0.4) is 0 Å². The first-order chi connectivity index (χ1) is 11.7. The second-order valence-electron chi connectivity index (χ2n) is 5.41. The Kier molecular flexibility index (Phi) is 4.84. The zero-order chi connectivity index (χ0) is 16.8. The van der Waals surface area contributed by atoms with Gasteiger partial charge in [-0.2, -0.15) is 0 Å². The molecule has 0 heterocycles. The van der Waals surface area contributed by atoms with Gasteiger partial charge in [-0.1, -0.05) is 11.8 Å². The molecular formula is C21H16O3. The molecule has 0 N–H and O–H groups in total. The number of carbonyl (C=O) groups excluding carboxylic acids is 1. The van der Waals surface area contributed by atoms with Gasteiger partial charge in [-0.3, -0.25) is 0 Å². The Hall–Kier alpha value is -3.17. The molecule has 1 aliphatic carbocycles. The summed E-state index contributed by atoms with van der Waals surface area (Å²) in [5.74, 6) is 12.1. The van der Waals surface area contributed by atoms with Crippen molar-refractivity contribution in [2.24, 2.45) is 0 Å². The molecule has 2 aromatic rings. The monoisotopic (exact) mass is 316 g/mol. The molecule has 3 nitrogen and oxygen atoms in total. The van der Waals surface area contributed by atoms with Gasteiger partial charge in [0.25, 0.3) is 0 Å². The van der Waals surface area contributed by atoms with E-state index in [0.29, 0.717) is 11.7 Å². The molecule has 0 bridgehead atoms. The van der Waals surface area contributed by atoms with E-state index in [2.05, 4.69) is 28.4 Å². The highest BCUT2D eigenvalue weighted by Crippen LogP contribution is 2.26. The van der Waals surface area contributed by atoms with Gasteiger partial charge in [0.05, 0.1) is 18.8 Å². The summed E-state index contributed by atoms with van der Waals surface area (Å²) in [5, 5.41) is 0. The van der Waals surface area contributed by atoms with Gasteiger partial charge >= 0.3 is 5.97 Å². The topological polar surface area (TPSA) is 35.5 Å². The zero-order valence-corrected chi connectivity index (χ0v) is 13.3. The first kappa shape index (κ1) is 15.7. The second kappa shape index (κ2) is 7.40. The van der Waals surface area contributed by atoms with Crippen molar-refractivity contribution in [3.63, 3.8) is 0 Å². The summed E-state index contributed by atoms with van der Waals surface area (Å²) >= 11 is 0. The molecule has 1 fully saturated rings. The molecule has 2 aromatic carbocycles. The molecule has 3 rings (SSSR count). The van der Waals surface area contributed by atoms with E-state index < -0.39 is 0 Å². The van der Waals surface area contributed by atoms with Crippen molar-refractivity contribution in [2.45, 2.75) is 18.9 Å². The lowest BCUT2D eigenvalue weighted by atomic mass is 10.1. The SMILES string of the molecule is COC(=O)c1ccc(C#CC#Cc2ccc(OC3CC3)cc2)cc1. The number of hydrogen-bond donors (Lipinski definition) is 0. The van der Waals surface area contributed by atoms with Gasteiger partial charge in [0.15, 0.2) is 0 Å². The standard InChI is InChI=1S/C21H16O3/c1-23-21(22)18-10-6-16(7-11-18)4-2-3-5-17-8-12-19(13-9-17)24-20-14-15-20/h6-13,20H,14-15H2,1H3. The van der Waals surface area contributed by atoms with Crippen LogP contribution in [0.1, 0.15) is 34.3 Å². The maximum absolute atomic E-state index is 11.3. The van der Waals surface area contributed by atoms with Crippen LogP contribution in [0.2, 0.25) is 0 Å². The zero-order valence-electron chi connectivity index (χ0n) is 13.3. The minimum atomic E-state index is -0.358. The van der Waals surface area contributed by atoms with Gasteiger partial charge in [0.2, 0.25) is 0 Å². The van der Waals surface area contributed by atoms with Gasteiger partial charge < -0.3 is 9.47 Å². The van der Waals surface area contributed by atoms with E-state index in [1.54, 1.807) is 24.3 Å². The van der Waals surface area contributed by atoms with E-state index in [9.17, 15) is 4.79 Å². The number of rotatable bonds is 3. The van der Waals surface area contributed by atoms with Crippen LogP contribution in [0.5, 0.6) is 5.75 Å². The molecule has 0 aromatic heterocycles. The van der Waals surface area contributed by atoms with Gasteiger partial charge in [-0.15, -0.1) is 0 Å². The third-order valence-corrected chi connectivity index (χ3v) is 3.46. The van der Waals surface area contributed by atoms with Crippen LogP contribution in [0.25, 0.3) is 0 Å². The van der Waals surface area contributed by atoms with Gasteiger partial charge in [0, 0.05) is 11.1 Å². The lowest BCUT2D eigenvalue weighted by molar-refractivity contribution is 0.0600. The van der Waals surface area contributed by atoms with Crippen LogP contribution < -0.4 is 4.74 Å². The fraction of sp³-hybridized carbons (Fsp3) is 0.190. The van der Waals surface area contributed by atoms with Crippen molar-refractivity contribution in [3.05, 3.63) is 65.2 Å². The number of ether oxygens (including phenoxy) is 2. The fourth-order valence-corrected chi connectivity index (χ4v) is 2.01. The minimum Gasteiger partial charge on any atom is -0.490 e. The number of carbonyl (C=O) groups is 1. The van der Waals surface area contributed by atoms with Crippen molar-refractivity contribution < 1.29 is 14.3 Å². The fourth-order valence-electron chi connectivity index (χ4n) is 2.01. The summed E-state index contributed by atoms with van der Waals surface area (Å²) in [7, 11) is 1.36.